The fourth-order valence-corrected chi connectivity index (χ4v) is 1.96. The molecule has 0 saturated carbocycles. The highest BCUT2D eigenvalue weighted by molar-refractivity contribution is 5.73. The highest BCUT2D eigenvalue weighted by Crippen LogP contribution is 2.37. The summed E-state index contributed by atoms with van der Waals surface area (Å²) in [6.07, 6.45) is -0.130. The Balaban J connectivity index is 1.91. The largest absolute Gasteiger partial charge is 0.455 e. The lowest BCUT2D eigenvalue weighted by Gasteiger charge is -2.14. The van der Waals surface area contributed by atoms with Gasteiger partial charge in [0, 0.05) is 0 Å². The van der Waals surface area contributed by atoms with Crippen LogP contribution >= 0.6 is 0 Å². The van der Waals surface area contributed by atoms with Crippen LogP contribution in [0.3, 0.4) is 0 Å². The molecular formula is C11H12N2O3. The Labute approximate surface area is 92.8 Å². The number of hydrogen-bond donors (Lipinski definition) is 1. The van der Waals surface area contributed by atoms with Crippen LogP contribution in [-0.4, -0.2) is 18.9 Å². The van der Waals surface area contributed by atoms with Crippen LogP contribution in [0.4, 0.5) is 0 Å². The fourth-order valence-electron chi connectivity index (χ4n) is 1.96. The molecule has 0 radical (unpaired) electrons. The Bertz CT molecular complexity index is 459. The Morgan fingerprint density at radius 3 is 2.88 bits per heavy atom. The van der Waals surface area contributed by atoms with Gasteiger partial charge < -0.3 is 19.9 Å². The molecule has 1 aromatic carbocycles. The van der Waals surface area contributed by atoms with E-state index >= 15 is 0 Å². The highest BCUT2D eigenvalue weighted by Gasteiger charge is 2.29. The fraction of sp³-hybridized carbons (Fsp3) is 0.364. The van der Waals surface area contributed by atoms with Gasteiger partial charge in [-0.1, -0.05) is 6.07 Å². The second kappa shape index (κ2) is 3.30. The summed E-state index contributed by atoms with van der Waals surface area (Å²) in [5.74, 6) is 1.52. The number of rotatable bonds is 1. The van der Waals surface area contributed by atoms with E-state index in [2.05, 4.69) is 4.99 Å². The number of amidine groups is 1. The van der Waals surface area contributed by atoms with Crippen molar-refractivity contribution in [3.63, 3.8) is 0 Å². The number of nitrogens with zero attached hydrogens (tertiary/aromatic N) is 1. The van der Waals surface area contributed by atoms with E-state index in [0.29, 0.717) is 0 Å². The van der Waals surface area contributed by atoms with Gasteiger partial charge in [-0.3, -0.25) is 0 Å². The molecule has 2 atom stereocenters. The summed E-state index contributed by atoms with van der Waals surface area (Å²) in [6.45, 7) is 2.24. The molecule has 84 valence electrons. The van der Waals surface area contributed by atoms with Crippen molar-refractivity contribution in [2.45, 2.75) is 19.1 Å². The first kappa shape index (κ1) is 9.33. The minimum Gasteiger partial charge on any atom is -0.455 e. The monoisotopic (exact) mass is 220 g/mol. The molecule has 2 unspecified atom stereocenters. The molecule has 16 heavy (non-hydrogen) atoms. The maximum atomic E-state index is 5.54. The standard InChI is InChI=1S/C11H12N2O3/c1-6-10(16-11(12)13-6)7-2-3-8-9(4-7)15-5-14-8/h2-4,6,10H,5H2,1H3,(H2,12,13). The molecular weight excluding hydrogens is 208 g/mol. The summed E-state index contributed by atoms with van der Waals surface area (Å²) >= 11 is 0. The van der Waals surface area contributed by atoms with Crippen LogP contribution in [0.1, 0.15) is 18.6 Å². The summed E-state index contributed by atoms with van der Waals surface area (Å²) in [6, 6.07) is 6.01. The average Bonchev–Trinajstić information content (AvgIpc) is 2.83. The first-order valence-corrected chi connectivity index (χ1v) is 5.13. The molecule has 2 aliphatic rings. The molecule has 2 N–H and O–H groups in total. The number of fused-ring (bicyclic) bond motifs is 1. The second-order valence-electron chi connectivity index (χ2n) is 3.86. The van der Waals surface area contributed by atoms with Gasteiger partial charge in [0.25, 0.3) is 6.02 Å². The van der Waals surface area contributed by atoms with Gasteiger partial charge in [0.1, 0.15) is 6.10 Å². The minimum absolute atomic E-state index is 0.0281. The number of ether oxygens (including phenoxy) is 3. The predicted molar refractivity (Wildman–Crippen MR) is 57.5 cm³/mol. The summed E-state index contributed by atoms with van der Waals surface area (Å²) in [5.41, 5.74) is 6.54. The molecule has 1 aromatic rings. The molecule has 0 fully saturated rings. The molecule has 0 bridgehead atoms. The smallest absolute Gasteiger partial charge is 0.283 e. The normalized spacial score (nSPS) is 26.4. The number of nitrogens with two attached hydrogens (primary N) is 1. The van der Waals surface area contributed by atoms with E-state index in [4.69, 9.17) is 19.9 Å². The Kier molecular flexibility index (Phi) is 1.92. The van der Waals surface area contributed by atoms with E-state index < -0.39 is 0 Å². The number of hydrogen-bond acceptors (Lipinski definition) is 5. The van der Waals surface area contributed by atoms with E-state index in [9.17, 15) is 0 Å². The Morgan fingerprint density at radius 1 is 1.31 bits per heavy atom. The van der Waals surface area contributed by atoms with Crippen LogP contribution in [0.15, 0.2) is 23.2 Å². The molecule has 0 aliphatic carbocycles. The second-order valence-corrected chi connectivity index (χ2v) is 3.86. The van der Waals surface area contributed by atoms with Crippen LogP contribution < -0.4 is 15.2 Å². The molecule has 0 amide bonds. The van der Waals surface area contributed by atoms with E-state index in [1.807, 2.05) is 25.1 Å². The molecule has 0 saturated heterocycles. The third kappa shape index (κ3) is 1.36. The predicted octanol–water partition coefficient (Wildman–Crippen LogP) is 1.19. The van der Waals surface area contributed by atoms with E-state index in [1.54, 1.807) is 0 Å². The molecule has 2 aliphatic heterocycles. The highest BCUT2D eigenvalue weighted by atomic mass is 16.7. The zero-order valence-corrected chi connectivity index (χ0v) is 8.84. The lowest BCUT2D eigenvalue weighted by Crippen LogP contribution is -2.14. The van der Waals surface area contributed by atoms with Crippen LogP contribution in [0.25, 0.3) is 0 Å². The topological polar surface area (TPSA) is 66.1 Å². The van der Waals surface area contributed by atoms with Crippen LogP contribution in [0, 0.1) is 0 Å². The molecule has 0 spiro atoms. The van der Waals surface area contributed by atoms with Crippen molar-refractivity contribution in [3.8, 4) is 11.5 Å². The van der Waals surface area contributed by atoms with Gasteiger partial charge in [0.2, 0.25) is 6.79 Å². The van der Waals surface area contributed by atoms with E-state index in [-0.39, 0.29) is 25.0 Å². The lowest BCUT2D eigenvalue weighted by molar-refractivity contribution is 0.173. The summed E-state index contributed by atoms with van der Waals surface area (Å²) < 4.78 is 16.0. The summed E-state index contributed by atoms with van der Waals surface area (Å²) in [7, 11) is 0. The van der Waals surface area contributed by atoms with Gasteiger partial charge >= 0.3 is 0 Å². The number of aliphatic imine (C=N–C) groups is 1. The van der Waals surface area contributed by atoms with E-state index in [0.717, 1.165) is 17.1 Å². The number of benzene rings is 1. The summed E-state index contributed by atoms with van der Waals surface area (Å²) in [5, 5.41) is 0. The van der Waals surface area contributed by atoms with Crippen molar-refractivity contribution in [2.75, 3.05) is 6.79 Å². The third-order valence-electron chi connectivity index (χ3n) is 2.74. The Morgan fingerprint density at radius 2 is 2.12 bits per heavy atom. The third-order valence-corrected chi connectivity index (χ3v) is 2.74. The maximum absolute atomic E-state index is 5.54. The van der Waals surface area contributed by atoms with Crippen molar-refractivity contribution < 1.29 is 14.2 Å². The van der Waals surface area contributed by atoms with Gasteiger partial charge in [0.15, 0.2) is 11.5 Å². The zero-order valence-electron chi connectivity index (χ0n) is 8.84. The van der Waals surface area contributed by atoms with Crippen LogP contribution in [-0.2, 0) is 4.74 Å². The van der Waals surface area contributed by atoms with Gasteiger partial charge in [-0.2, -0.15) is 0 Å². The van der Waals surface area contributed by atoms with Crippen molar-refractivity contribution in [1.29, 1.82) is 0 Å². The van der Waals surface area contributed by atoms with Gasteiger partial charge in [0.05, 0.1) is 6.04 Å². The van der Waals surface area contributed by atoms with Crippen molar-refractivity contribution >= 4 is 6.02 Å². The van der Waals surface area contributed by atoms with Crippen molar-refractivity contribution in [2.24, 2.45) is 10.7 Å². The first-order chi connectivity index (χ1) is 7.74. The van der Waals surface area contributed by atoms with Gasteiger partial charge in [-0.25, -0.2) is 4.99 Å². The maximum Gasteiger partial charge on any atom is 0.283 e. The van der Waals surface area contributed by atoms with Crippen LogP contribution in [0.2, 0.25) is 0 Å². The van der Waals surface area contributed by atoms with Gasteiger partial charge in [-0.15, -0.1) is 0 Å². The van der Waals surface area contributed by atoms with Crippen molar-refractivity contribution in [3.05, 3.63) is 23.8 Å². The molecule has 3 rings (SSSR count). The zero-order chi connectivity index (χ0) is 11.1. The first-order valence-electron chi connectivity index (χ1n) is 5.13. The quantitative estimate of drug-likeness (QED) is 0.772. The van der Waals surface area contributed by atoms with Crippen molar-refractivity contribution in [1.82, 2.24) is 0 Å². The molecule has 0 aromatic heterocycles. The SMILES string of the molecule is CC1N=C(N)OC1c1ccc2c(c1)OCO2. The Hall–Kier alpha value is -1.91. The average molecular weight is 220 g/mol. The lowest BCUT2D eigenvalue weighted by atomic mass is 10.0. The summed E-state index contributed by atoms with van der Waals surface area (Å²) in [4.78, 5) is 4.14. The van der Waals surface area contributed by atoms with Crippen LogP contribution in [0.5, 0.6) is 11.5 Å². The minimum atomic E-state index is -0.130. The molecule has 2 heterocycles. The van der Waals surface area contributed by atoms with Gasteiger partial charge in [-0.05, 0) is 24.6 Å². The molecule has 5 nitrogen and oxygen atoms in total. The molecule has 5 heteroatoms. The van der Waals surface area contributed by atoms with E-state index in [1.165, 1.54) is 0 Å².